The van der Waals surface area contributed by atoms with Crippen molar-refractivity contribution in [2.45, 2.75) is 39.5 Å². The minimum atomic E-state index is 0.0241. The van der Waals surface area contributed by atoms with Gasteiger partial charge in [0.2, 0.25) is 0 Å². The Labute approximate surface area is 213 Å². The van der Waals surface area contributed by atoms with Crippen molar-refractivity contribution in [1.29, 1.82) is 0 Å². The molecule has 1 unspecified atom stereocenters. The van der Waals surface area contributed by atoms with Crippen molar-refractivity contribution < 1.29 is 14.3 Å². The van der Waals surface area contributed by atoms with E-state index in [0.29, 0.717) is 34.8 Å². The van der Waals surface area contributed by atoms with E-state index in [1.54, 1.807) is 13.3 Å². The van der Waals surface area contributed by atoms with Gasteiger partial charge in [-0.2, -0.15) is 0 Å². The molecule has 0 bridgehead atoms. The highest BCUT2D eigenvalue weighted by atomic mass is 16.5. The minimum absolute atomic E-state index is 0.0241. The molecule has 2 aliphatic rings. The molecular formula is C31H34N2O3. The van der Waals surface area contributed by atoms with E-state index in [1.807, 2.05) is 54.3 Å². The summed E-state index contributed by atoms with van der Waals surface area (Å²) in [6.45, 7) is 7.88. The number of hydrogen-bond donors (Lipinski definition) is 0. The van der Waals surface area contributed by atoms with Crippen LogP contribution in [0.5, 0.6) is 5.75 Å². The van der Waals surface area contributed by atoms with Crippen molar-refractivity contribution >= 4 is 11.7 Å². The van der Waals surface area contributed by atoms with Crippen LogP contribution >= 0.6 is 0 Å². The summed E-state index contributed by atoms with van der Waals surface area (Å²) >= 11 is 0. The van der Waals surface area contributed by atoms with Gasteiger partial charge in [0, 0.05) is 42.5 Å². The molecule has 0 N–H and O–H groups in total. The number of benzene rings is 2. The van der Waals surface area contributed by atoms with Crippen molar-refractivity contribution in [2.24, 2.45) is 17.8 Å². The number of piperidine rings is 1. The molecule has 1 aliphatic heterocycles. The molecule has 5 nitrogen and oxygen atoms in total. The first-order chi connectivity index (χ1) is 17.3. The number of carbonyl (C=O) groups is 2. The Morgan fingerprint density at radius 3 is 2.31 bits per heavy atom. The first-order valence-electron chi connectivity index (χ1n) is 12.8. The lowest BCUT2D eigenvalue weighted by Gasteiger charge is -2.21. The molecule has 0 radical (unpaired) electrons. The summed E-state index contributed by atoms with van der Waals surface area (Å²) in [5, 5.41) is 0. The zero-order chi connectivity index (χ0) is 25.4. The van der Waals surface area contributed by atoms with Gasteiger partial charge in [0.05, 0.1) is 7.11 Å². The first-order valence-corrected chi connectivity index (χ1v) is 12.8. The number of Topliss-reactive ketones (excluding diaryl/α,β-unsaturated/α-hetero) is 1. The molecule has 36 heavy (non-hydrogen) atoms. The van der Waals surface area contributed by atoms with Gasteiger partial charge in [-0.25, -0.2) is 0 Å². The number of likely N-dealkylation sites (tertiary alicyclic amines) is 1. The Balaban J connectivity index is 1.22. The summed E-state index contributed by atoms with van der Waals surface area (Å²) in [7, 11) is 1.68. The second-order valence-corrected chi connectivity index (χ2v) is 10.7. The number of hydrogen-bond acceptors (Lipinski definition) is 4. The molecule has 3 atom stereocenters. The number of methoxy groups -OCH3 is 1. The second kappa shape index (κ2) is 9.88. The topological polar surface area (TPSA) is 59.5 Å². The van der Waals surface area contributed by atoms with E-state index in [9.17, 15) is 9.59 Å². The third-order valence-electron chi connectivity index (χ3n) is 7.69. The Hall–Kier alpha value is -3.47. The summed E-state index contributed by atoms with van der Waals surface area (Å²) < 4.78 is 5.27. The standard InChI is InChI=1S/C31H34N2O3/c1-19(2)13-25-10-7-23(16-32-25)29(34)15-24-14-22(6-5-20(24)3)31(35)33-17-27-28(18-33)30(27)21-8-11-26(36-4)12-9-21/h5-12,14,16,19,27-28,30H,13,15,17-18H2,1-4H3/t27-,28+,30?. The Morgan fingerprint density at radius 1 is 1.00 bits per heavy atom. The normalized spacial score (nSPS) is 20.4. The predicted molar refractivity (Wildman–Crippen MR) is 141 cm³/mol. The Bertz CT molecular complexity index is 1250. The van der Waals surface area contributed by atoms with Crippen LogP contribution in [-0.4, -0.2) is 41.8 Å². The van der Waals surface area contributed by atoms with Crippen LogP contribution in [0.25, 0.3) is 0 Å². The van der Waals surface area contributed by atoms with Crippen LogP contribution in [0.1, 0.15) is 62.9 Å². The van der Waals surface area contributed by atoms with Gasteiger partial charge in [-0.05, 0) is 90.1 Å². The molecule has 1 aromatic heterocycles. The van der Waals surface area contributed by atoms with E-state index < -0.39 is 0 Å². The number of amides is 1. The number of pyridine rings is 1. The SMILES string of the molecule is COc1ccc(C2[C@H]3CN(C(=O)c4ccc(C)c(CC(=O)c5ccc(CC(C)C)nc5)c4)C[C@@H]23)cc1. The molecule has 1 saturated heterocycles. The van der Waals surface area contributed by atoms with Crippen LogP contribution in [0.15, 0.2) is 60.8 Å². The second-order valence-electron chi connectivity index (χ2n) is 10.7. The molecule has 2 fully saturated rings. The van der Waals surface area contributed by atoms with Crippen LogP contribution < -0.4 is 4.74 Å². The average Bonchev–Trinajstić information content (AvgIpc) is 3.37. The molecule has 0 spiro atoms. The fraction of sp³-hybridized carbons (Fsp3) is 0.387. The largest absolute Gasteiger partial charge is 0.497 e. The highest BCUT2D eigenvalue weighted by molar-refractivity contribution is 5.98. The third-order valence-corrected chi connectivity index (χ3v) is 7.69. The Kier molecular flexibility index (Phi) is 6.65. The number of nitrogens with zero attached hydrogens (tertiary/aromatic N) is 2. The molecule has 1 aliphatic carbocycles. The van der Waals surface area contributed by atoms with Crippen LogP contribution in [-0.2, 0) is 12.8 Å². The van der Waals surface area contributed by atoms with Crippen LogP contribution in [0.2, 0.25) is 0 Å². The van der Waals surface area contributed by atoms with Gasteiger partial charge in [-0.1, -0.05) is 32.0 Å². The summed E-state index contributed by atoms with van der Waals surface area (Å²) in [6.07, 6.45) is 2.85. The van der Waals surface area contributed by atoms with E-state index in [-0.39, 0.29) is 18.1 Å². The molecule has 1 saturated carbocycles. The number of fused-ring (bicyclic) bond motifs is 1. The summed E-state index contributed by atoms with van der Waals surface area (Å²) in [6, 6.07) is 17.9. The van der Waals surface area contributed by atoms with Gasteiger partial charge < -0.3 is 9.64 Å². The fourth-order valence-corrected chi connectivity index (χ4v) is 5.59. The van der Waals surface area contributed by atoms with E-state index in [0.717, 1.165) is 42.1 Å². The zero-order valence-corrected chi connectivity index (χ0v) is 21.5. The van der Waals surface area contributed by atoms with Crippen LogP contribution in [0.3, 0.4) is 0 Å². The molecule has 2 heterocycles. The van der Waals surface area contributed by atoms with Gasteiger partial charge >= 0.3 is 0 Å². The van der Waals surface area contributed by atoms with Crippen molar-refractivity contribution in [2.75, 3.05) is 20.2 Å². The number of carbonyl (C=O) groups excluding carboxylic acids is 2. The van der Waals surface area contributed by atoms with Gasteiger partial charge in [-0.3, -0.25) is 14.6 Å². The lowest BCUT2D eigenvalue weighted by Crippen LogP contribution is -2.31. The molecule has 186 valence electrons. The van der Waals surface area contributed by atoms with Crippen molar-refractivity contribution in [3.05, 3.63) is 94.3 Å². The smallest absolute Gasteiger partial charge is 0.253 e. The zero-order valence-electron chi connectivity index (χ0n) is 21.5. The van der Waals surface area contributed by atoms with Crippen LogP contribution in [0, 0.1) is 24.7 Å². The molecule has 1 amide bonds. The highest BCUT2D eigenvalue weighted by Gasteiger charge is 2.57. The van der Waals surface area contributed by atoms with Gasteiger partial charge in [0.25, 0.3) is 5.91 Å². The highest BCUT2D eigenvalue weighted by Crippen LogP contribution is 2.58. The van der Waals surface area contributed by atoms with Crippen LogP contribution in [0.4, 0.5) is 0 Å². The minimum Gasteiger partial charge on any atom is -0.497 e. The lowest BCUT2D eigenvalue weighted by molar-refractivity contribution is 0.0772. The van der Waals surface area contributed by atoms with E-state index in [2.05, 4.69) is 31.0 Å². The maximum atomic E-state index is 13.3. The number of ether oxygens (including phenoxy) is 1. The number of aryl methyl sites for hydroxylation is 1. The first kappa shape index (κ1) is 24.2. The molecular weight excluding hydrogens is 448 g/mol. The molecule has 2 aromatic carbocycles. The van der Waals surface area contributed by atoms with E-state index >= 15 is 0 Å². The Morgan fingerprint density at radius 2 is 1.69 bits per heavy atom. The molecule has 5 heteroatoms. The molecule has 3 aromatic rings. The number of aromatic nitrogens is 1. The summed E-state index contributed by atoms with van der Waals surface area (Å²) in [5.74, 6) is 3.07. The lowest BCUT2D eigenvalue weighted by atomic mass is 9.97. The van der Waals surface area contributed by atoms with Crippen molar-refractivity contribution in [3.63, 3.8) is 0 Å². The quantitative estimate of drug-likeness (QED) is 0.397. The number of rotatable bonds is 8. The van der Waals surface area contributed by atoms with Gasteiger partial charge in [0.15, 0.2) is 5.78 Å². The fourth-order valence-electron chi connectivity index (χ4n) is 5.59. The van der Waals surface area contributed by atoms with Crippen molar-refractivity contribution in [3.8, 4) is 5.75 Å². The molecule has 5 rings (SSSR count). The monoisotopic (exact) mass is 482 g/mol. The third kappa shape index (κ3) is 4.92. The summed E-state index contributed by atoms with van der Waals surface area (Å²) in [4.78, 5) is 32.7. The maximum Gasteiger partial charge on any atom is 0.253 e. The number of ketones is 1. The van der Waals surface area contributed by atoms with Gasteiger partial charge in [0.1, 0.15) is 5.75 Å². The average molecular weight is 483 g/mol. The van der Waals surface area contributed by atoms with Gasteiger partial charge in [-0.15, -0.1) is 0 Å². The van der Waals surface area contributed by atoms with Crippen molar-refractivity contribution in [1.82, 2.24) is 9.88 Å². The summed E-state index contributed by atoms with van der Waals surface area (Å²) in [5.41, 5.74) is 5.54. The van der Waals surface area contributed by atoms with E-state index in [1.165, 1.54) is 5.56 Å². The maximum absolute atomic E-state index is 13.3. The van der Waals surface area contributed by atoms with E-state index in [4.69, 9.17) is 4.74 Å². The predicted octanol–water partition coefficient (Wildman–Crippen LogP) is 5.51.